The molecule has 4 nitrogen and oxygen atoms in total. The summed E-state index contributed by atoms with van der Waals surface area (Å²) in [7, 11) is 0. The van der Waals surface area contributed by atoms with Crippen LogP contribution < -0.4 is 11.1 Å². The Hall–Kier alpha value is -1.86. The predicted molar refractivity (Wildman–Crippen MR) is 79.1 cm³/mol. The Labute approximate surface area is 120 Å². The number of nitrogens with one attached hydrogen (secondary N) is 1. The standard InChI is InChI=1S/C16H21N3O/c1-12-4-2-6-14(10-12)19-16(20)15-8-7-13(11-18-15)5-3-9-17/h7-8,11-12,14H,2,4,6,9-10,17H2,1H3,(H,19,20). The van der Waals surface area contributed by atoms with E-state index in [2.05, 4.69) is 29.1 Å². The fourth-order valence-electron chi connectivity index (χ4n) is 2.58. The summed E-state index contributed by atoms with van der Waals surface area (Å²) in [5, 5.41) is 3.07. The van der Waals surface area contributed by atoms with Crippen LogP contribution in [0.2, 0.25) is 0 Å². The predicted octanol–water partition coefficient (Wildman–Crippen LogP) is 1.70. The molecule has 2 atom stereocenters. The molecular formula is C16H21N3O. The quantitative estimate of drug-likeness (QED) is 0.804. The van der Waals surface area contributed by atoms with Crippen molar-refractivity contribution in [3.8, 4) is 11.8 Å². The van der Waals surface area contributed by atoms with E-state index in [0.29, 0.717) is 18.2 Å². The molecule has 1 aromatic heterocycles. The van der Waals surface area contributed by atoms with Gasteiger partial charge in [-0.3, -0.25) is 4.79 Å². The molecule has 106 valence electrons. The minimum atomic E-state index is -0.0950. The van der Waals surface area contributed by atoms with E-state index in [9.17, 15) is 4.79 Å². The Bertz CT molecular complexity index is 513. The zero-order chi connectivity index (χ0) is 14.4. The van der Waals surface area contributed by atoms with Crippen LogP contribution in [0.4, 0.5) is 0 Å². The number of aromatic nitrogens is 1. The molecule has 0 saturated heterocycles. The van der Waals surface area contributed by atoms with E-state index in [0.717, 1.165) is 18.4 Å². The fraction of sp³-hybridized carbons (Fsp3) is 0.500. The van der Waals surface area contributed by atoms with Crippen molar-refractivity contribution in [2.45, 2.75) is 38.6 Å². The molecule has 0 aliphatic heterocycles. The lowest BCUT2D eigenvalue weighted by atomic mass is 9.87. The Morgan fingerprint density at radius 2 is 2.35 bits per heavy atom. The number of carbonyl (C=O) groups is 1. The second kappa shape index (κ2) is 7.06. The second-order valence-corrected chi connectivity index (χ2v) is 5.38. The van der Waals surface area contributed by atoms with E-state index < -0.39 is 0 Å². The number of carbonyl (C=O) groups excluding carboxylic acids is 1. The van der Waals surface area contributed by atoms with Gasteiger partial charge in [0.05, 0.1) is 6.54 Å². The van der Waals surface area contributed by atoms with Gasteiger partial charge in [-0.2, -0.15) is 0 Å². The van der Waals surface area contributed by atoms with Crippen LogP contribution in [0.25, 0.3) is 0 Å². The molecule has 2 rings (SSSR count). The summed E-state index contributed by atoms with van der Waals surface area (Å²) >= 11 is 0. The maximum absolute atomic E-state index is 12.1. The van der Waals surface area contributed by atoms with Gasteiger partial charge in [0.15, 0.2) is 0 Å². The average molecular weight is 271 g/mol. The third-order valence-electron chi connectivity index (χ3n) is 3.60. The van der Waals surface area contributed by atoms with Crippen LogP contribution in [0, 0.1) is 17.8 Å². The molecule has 1 amide bonds. The van der Waals surface area contributed by atoms with E-state index in [1.54, 1.807) is 18.3 Å². The Morgan fingerprint density at radius 3 is 3.00 bits per heavy atom. The molecule has 4 heteroatoms. The highest BCUT2D eigenvalue weighted by Crippen LogP contribution is 2.23. The normalized spacial score (nSPS) is 21.7. The average Bonchev–Trinajstić information content (AvgIpc) is 2.45. The van der Waals surface area contributed by atoms with E-state index in [-0.39, 0.29) is 11.9 Å². The molecule has 1 aliphatic carbocycles. The van der Waals surface area contributed by atoms with E-state index in [1.165, 1.54) is 12.8 Å². The van der Waals surface area contributed by atoms with Crippen molar-refractivity contribution in [1.29, 1.82) is 0 Å². The number of nitrogens with zero attached hydrogens (tertiary/aromatic N) is 1. The van der Waals surface area contributed by atoms with Gasteiger partial charge >= 0.3 is 0 Å². The van der Waals surface area contributed by atoms with Crippen LogP contribution in [-0.4, -0.2) is 23.5 Å². The molecule has 1 aliphatic rings. The van der Waals surface area contributed by atoms with E-state index >= 15 is 0 Å². The second-order valence-electron chi connectivity index (χ2n) is 5.38. The zero-order valence-electron chi connectivity index (χ0n) is 11.9. The maximum Gasteiger partial charge on any atom is 0.270 e. The Kier molecular flexibility index (Phi) is 5.14. The molecule has 0 spiro atoms. The molecule has 1 fully saturated rings. The summed E-state index contributed by atoms with van der Waals surface area (Å²) in [6.07, 6.45) is 6.19. The minimum Gasteiger partial charge on any atom is -0.348 e. The summed E-state index contributed by atoms with van der Waals surface area (Å²) in [6, 6.07) is 3.79. The molecular weight excluding hydrogens is 250 g/mol. The highest BCUT2D eigenvalue weighted by Gasteiger charge is 2.21. The summed E-state index contributed by atoms with van der Waals surface area (Å²) in [6.45, 7) is 2.56. The molecule has 1 heterocycles. The molecule has 3 N–H and O–H groups in total. The van der Waals surface area contributed by atoms with E-state index in [1.807, 2.05) is 0 Å². The number of rotatable bonds is 2. The fourth-order valence-corrected chi connectivity index (χ4v) is 2.58. The highest BCUT2D eigenvalue weighted by molar-refractivity contribution is 5.92. The van der Waals surface area contributed by atoms with Crippen LogP contribution in [0.1, 0.15) is 48.7 Å². The van der Waals surface area contributed by atoms with Crippen LogP contribution in [0.15, 0.2) is 18.3 Å². The molecule has 1 saturated carbocycles. The van der Waals surface area contributed by atoms with Gasteiger partial charge in [0, 0.05) is 17.8 Å². The topological polar surface area (TPSA) is 68.0 Å². The summed E-state index contributed by atoms with van der Waals surface area (Å²) in [4.78, 5) is 16.3. The van der Waals surface area contributed by atoms with Crippen molar-refractivity contribution in [2.75, 3.05) is 6.54 Å². The molecule has 0 bridgehead atoms. The molecule has 2 unspecified atom stereocenters. The van der Waals surface area contributed by atoms with Gasteiger partial charge in [-0.1, -0.05) is 31.6 Å². The zero-order valence-corrected chi connectivity index (χ0v) is 11.9. The first-order valence-electron chi connectivity index (χ1n) is 7.15. The SMILES string of the molecule is CC1CCCC(NC(=O)c2ccc(C#CCN)cn2)C1. The van der Waals surface area contributed by atoms with E-state index in [4.69, 9.17) is 5.73 Å². The van der Waals surface area contributed by atoms with Gasteiger partial charge in [-0.05, 0) is 30.9 Å². The van der Waals surface area contributed by atoms with Gasteiger partial charge in [-0.15, -0.1) is 0 Å². The summed E-state index contributed by atoms with van der Waals surface area (Å²) in [5.41, 5.74) is 6.53. The first-order valence-corrected chi connectivity index (χ1v) is 7.15. The lowest BCUT2D eigenvalue weighted by Crippen LogP contribution is -2.38. The molecule has 20 heavy (non-hydrogen) atoms. The van der Waals surface area contributed by atoms with Gasteiger partial charge in [-0.25, -0.2) is 4.98 Å². The lowest BCUT2D eigenvalue weighted by Gasteiger charge is -2.27. The number of pyridine rings is 1. The summed E-state index contributed by atoms with van der Waals surface area (Å²) in [5.74, 6) is 6.25. The van der Waals surface area contributed by atoms with Crippen molar-refractivity contribution in [3.63, 3.8) is 0 Å². The van der Waals surface area contributed by atoms with Crippen molar-refractivity contribution in [1.82, 2.24) is 10.3 Å². The number of nitrogens with two attached hydrogens (primary N) is 1. The van der Waals surface area contributed by atoms with Crippen molar-refractivity contribution >= 4 is 5.91 Å². The van der Waals surface area contributed by atoms with Gasteiger partial charge in [0.1, 0.15) is 5.69 Å². The van der Waals surface area contributed by atoms with Crippen LogP contribution >= 0.6 is 0 Å². The first kappa shape index (κ1) is 14.5. The molecule has 0 radical (unpaired) electrons. The monoisotopic (exact) mass is 271 g/mol. The Balaban J connectivity index is 1.95. The smallest absolute Gasteiger partial charge is 0.270 e. The largest absolute Gasteiger partial charge is 0.348 e. The van der Waals surface area contributed by atoms with Crippen molar-refractivity contribution in [3.05, 3.63) is 29.6 Å². The van der Waals surface area contributed by atoms with Crippen molar-refractivity contribution in [2.24, 2.45) is 11.7 Å². The maximum atomic E-state index is 12.1. The number of amides is 1. The molecule has 1 aromatic rings. The van der Waals surface area contributed by atoms with Crippen LogP contribution in [0.3, 0.4) is 0 Å². The van der Waals surface area contributed by atoms with Gasteiger partial charge in [0.2, 0.25) is 0 Å². The first-order chi connectivity index (χ1) is 9.69. The summed E-state index contributed by atoms with van der Waals surface area (Å²) < 4.78 is 0. The van der Waals surface area contributed by atoms with Crippen molar-refractivity contribution < 1.29 is 4.79 Å². The highest BCUT2D eigenvalue weighted by atomic mass is 16.1. The third kappa shape index (κ3) is 4.07. The minimum absolute atomic E-state index is 0.0950. The number of hydrogen-bond acceptors (Lipinski definition) is 3. The van der Waals surface area contributed by atoms with Crippen LogP contribution in [-0.2, 0) is 0 Å². The van der Waals surface area contributed by atoms with Crippen LogP contribution in [0.5, 0.6) is 0 Å². The lowest BCUT2D eigenvalue weighted by molar-refractivity contribution is 0.0916. The Morgan fingerprint density at radius 1 is 1.50 bits per heavy atom. The number of hydrogen-bond donors (Lipinski definition) is 2. The third-order valence-corrected chi connectivity index (χ3v) is 3.60. The van der Waals surface area contributed by atoms with Gasteiger partial charge < -0.3 is 11.1 Å². The van der Waals surface area contributed by atoms with Gasteiger partial charge in [0.25, 0.3) is 5.91 Å². The molecule has 0 aromatic carbocycles.